The minimum absolute atomic E-state index is 0.512. The van der Waals surface area contributed by atoms with E-state index < -0.39 is 0 Å². The summed E-state index contributed by atoms with van der Waals surface area (Å²) < 4.78 is 5.46. The highest BCUT2D eigenvalue weighted by molar-refractivity contribution is 5.61. The summed E-state index contributed by atoms with van der Waals surface area (Å²) in [4.78, 5) is 0. The van der Waals surface area contributed by atoms with Crippen LogP contribution in [0.25, 0.3) is 0 Å². The zero-order chi connectivity index (χ0) is 12.0. The Bertz CT molecular complexity index is 322. The van der Waals surface area contributed by atoms with Gasteiger partial charge in [0.1, 0.15) is 5.75 Å². The molecular weight excluding hydrogens is 200 g/mol. The van der Waals surface area contributed by atoms with Crippen molar-refractivity contribution in [3.63, 3.8) is 0 Å². The van der Waals surface area contributed by atoms with E-state index in [1.165, 1.54) is 0 Å². The summed E-state index contributed by atoms with van der Waals surface area (Å²) >= 11 is 0. The Morgan fingerprint density at radius 1 is 1.25 bits per heavy atom. The number of anilines is 2. The molecule has 0 heterocycles. The topological polar surface area (TPSA) is 47.3 Å². The number of nitrogens with one attached hydrogen (secondary N) is 1. The van der Waals surface area contributed by atoms with E-state index in [4.69, 9.17) is 10.5 Å². The average molecular weight is 222 g/mol. The standard InChI is InChI=1S/C13H22N2O/c1-4-10(5-2)15-11-7-8-12(14)13(9-11)16-6-3/h7-10,15H,4-6,14H2,1-3H3. The summed E-state index contributed by atoms with van der Waals surface area (Å²) in [6.45, 7) is 6.96. The average Bonchev–Trinajstić information content (AvgIpc) is 2.30. The molecule has 0 radical (unpaired) electrons. The molecule has 0 aromatic heterocycles. The van der Waals surface area contributed by atoms with Gasteiger partial charge < -0.3 is 15.8 Å². The SMILES string of the molecule is CCOc1cc(NC(CC)CC)ccc1N. The monoisotopic (exact) mass is 222 g/mol. The lowest BCUT2D eigenvalue weighted by molar-refractivity contribution is 0.342. The molecule has 1 aromatic carbocycles. The molecule has 0 saturated heterocycles. The van der Waals surface area contributed by atoms with Crippen molar-refractivity contribution < 1.29 is 4.74 Å². The Labute approximate surface area is 98.0 Å². The molecule has 0 unspecified atom stereocenters. The van der Waals surface area contributed by atoms with E-state index in [1.807, 2.05) is 25.1 Å². The quantitative estimate of drug-likeness (QED) is 0.726. The number of nitrogen functional groups attached to an aromatic ring is 1. The molecule has 0 spiro atoms. The number of rotatable bonds is 6. The molecule has 0 aliphatic rings. The lowest BCUT2D eigenvalue weighted by atomic mass is 10.1. The molecule has 1 aromatic rings. The highest BCUT2D eigenvalue weighted by Gasteiger charge is 2.05. The lowest BCUT2D eigenvalue weighted by Crippen LogP contribution is -2.16. The highest BCUT2D eigenvalue weighted by Crippen LogP contribution is 2.26. The minimum Gasteiger partial charge on any atom is -0.492 e. The Kier molecular flexibility index (Phi) is 4.96. The molecule has 0 fully saturated rings. The summed E-state index contributed by atoms with van der Waals surface area (Å²) in [5.41, 5.74) is 7.59. The molecule has 3 nitrogen and oxygen atoms in total. The Hall–Kier alpha value is -1.38. The Morgan fingerprint density at radius 2 is 1.94 bits per heavy atom. The third kappa shape index (κ3) is 3.33. The van der Waals surface area contributed by atoms with Crippen LogP contribution in [0, 0.1) is 0 Å². The molecular formula is C13H22N2O. The molecule has 0 aliphatic carbocycles. The maximum atomic E-state index is 5.82. The maximum absolute atomic E-state index is 5.82. The number of ether oxygens (including phenoxy) is 1. The van der Waals surface area contributed by atoms with Crippen LogP contribution in [0.2, 0.25) is 0 Å². The predicted octanol–water partition coefficient (Wildman–Crippen LogP) is 3.27. The van der Waals surface area contributed by atoms with E-state index in [0.717, 1.165) is 24.3 Å². The van der Waals surface area contributed by atoms with Crippen LogP contribution in [0.15, 0.2) is 18.2 Å². The third-order valence-electron chi connectivity index (χ3n) is 2.67. The lowest BCUT2D eigenvalue weighted by Gasteiger charge is -2.17. The second-order valence-electron chi connectivity index (χ2n) is 3.84. The number of benzene rings is 1. The van der Waals surface area contributed by atoms with Gasteiger partial charge in [-0.1, -0.05) is 13.8 Å². The molecule has 0 bridgehead atoms. The van der Waals surface area contributed by atoms with Crippen molar-refractivity contribution in [1.82, 2.24) is 0 Å². The van der Waals surface area contributed by atoms with Crippen molar-refractivity contribution >= 4 is 11.4 Å². The van der Waals surface area contributed by atoms with Gasteiger partial charge in [0.15, 0.2) is 0 Å². The van der Waals surface area contributed by atoms with Crippen LogP contribution >= 0.6 is 0 Å². The third-order valence-corrected chi connectivity index (χ3v) is 2.67. The van der Waals surface area contributed by atoms with Crippen molar-refractivity contribution in [2.75, 3.05) is 17.7 Å². The normalized spacial score (nSPS) is 10.5. The van der Waals surface area contributed by atoms with Crippen molar-refractivity contribution in [2.45, 2.75) is 39.7 Å². The van der Waals surface area contributed by atoms with Crippen LogP contribution < -0.4 is 15.8 Å². The van der Waals surface area contributed by atoms with Crippen molar-refractivity contribution in [3.05, 3.63) is 18.2 Å². The minimum atomic E-state index is 0.512. The summed E-state index contributed by atoms with van der Waals surface area (Å²) in [6.07, 6.45) is 2.23. The van der Waals surface area contributed by atoms with Crippen molar-refractivity contribution in [2.24, 2.45) is 0 Å². The van der Waals surface area contributed by atoms with Gasteiger partial charge in [-0.2, -0.15) is 0 Å². The molecule has 0 aliphatic heterocycles. The molecule has 16 heavy (non-hydrogen) atoms. The van der Waals surface area contributed by atoms with Gasteiger partial charge in [0.05, 0.1) is 12.3 Å². The summed E-state index contributed by atoms with van der Waals surface area (Å²) in [5, 5.41) is 3.47. The Morgan fingerprint density at radius 3 is 2.50 bits per heavy atom. The second-order valence-corrected chi connectivity index (χ2v) is 3.84. The van der Waals surface area contributed by atoms with Gasteiger partial charge in [-0.25, -0.2) is 0 Å². The fraction of sp³-hybridized carbons (Fsp3) is 0.538. The van der Waals surface area contributed by atoms with E-state index in [-0.39, 0.29) is 0 Å². The van der Waals surface area contributed by atoms with Crippen LogP contribution in [0.4, 0.5) is 11.4 Å². The molecule has 3 heteroatoms. The number of hydrogen-bond acceptors (Lipinski definition) is 3. The van der Waals surface area contributed by atoms with E-state index >= 15 is 0 Å². The fourth-order valence-corrected chi connectivity index (χ4v) is 1.63. The zero-order valence-electron chi connectivity index (χ0n) is 10.4. The van der Waals surface area contributed by atoms with Gasteiger partial charge in [0.2, 0.25) is 0 Å². The number of hydrogen-bond donors (Lipinski definition) is 2. The van der Waals surface area contributed by atoms with Crippen LogP contribution in [-0.2, 0) is 0 Å². The smallest absolute Gasteiger partial charge is 0.144 e. The molecule has 3 N–H and O–H groups in total. The molecule has 0 saturated carbocycles. The van der Waals surface area contributed by atoms with E-state index in [9.17, 15) is 0 Å². The molecule has 0 amide bonds. The van der Waals surface area contributed by atoms with E-state index in [0.29, 0.717) is 18.3 Å². The molecule has 1 rings (SSSR count). The first-order chi connectivity index (χ1) is 7.71. The fourth-order valence-electron chi connectivity index (χ4n) is 1.63. The highest BCUT2D eigenvalue weighted by atomic mass is 16.5. The van der Waals surface area contributed by atoms with Crippen LogP contribution in [0.1, 0.15) is 33.6 Å². The molecule has 0 atom stereocenters. The van der Waals surface area contributed by atoms with Gasteiger partial charge >= 0.3 is 0 Å². The molecule has 90 valence electrons. The summed E-state index contributed by atoms with van der Waals surface area (Å²) in [7, 11) is 0. The number of nitrogens with two attached hydrogens (primary N) is 1. The van der Waals surface area contributed by atoms with E-state index in [1.54, 1.807) is 0 Å². The van der Waals surface area contributed by atoms with Gasteiger partial charge in [0, 0.05) is 17.8 Å². The first-order valence-corrected chi connectivity index (χ1v) is 6.00. The van der Waals surface area contributed by atoms with Crippen molar-refractivity contribution in [1.29, 1.82) is 0 Å². The van der Waals surface area contributed by atoms with Crippen molar-refractivity contribution in [3.8, 4) is 5.75 Å². The van der Waals surface area contributed by atoms with Crippen LogP contribution in [0.3, 0.4) is 0 Å². The predicted molar refractivity (Wildman–Crippen MR) is 70.0 cm³/mol. The van der Waals surface area contributed by atoms with Gasteiger partial charge in [-0.15, -0.1) is 0 Å². The largest absolute Gasteiger partial charge is 0.492 e. The van der Waals surface area contributed by atoms with Gasteiger partial charge in [-0.3, -0.25) is 0 Å². The summed E-state index contributed by atoms with van der Waals surface area (Å²) in [5.74, 6) is 0.762. The van der Waals surface area contributed by atoms with E-state index in [2.05, 4.69) is 19.2 Å². The van der Waals surface area contributed by atoms with Gasteiger partial charge in [0.25, 0.3) is 0 Å². The second kappa shape index (κ2) is 6.26. The first-order valence-electron chi connectivity index (χ1n) is 6.00. The zero-order valence-corrected chi connectivity index (χ0v) is 10.4. The van der Waals surface area contributed by atoms with Crippen LogP contribution in [-0.4, -0.2) is 12.6 Å². The van der Waals surface area contributed by atoms with Gasteiger partial charge in [-0.05, 0) is 31.9 Å². The van der Waals surface area contributed by atoms with Crippen LogP contribution in [0.5, 0.6) is 5.75 Å². The Balaban J connectivity index is 2.77. The first kappa shape index (κ1) is 12.7. The summed E-state index contributed by atoms with van der Waals surface area (Å²) in [6, 6.07) is 6.36. The maximum Gasteiger partial charge on any atom is 0.144 e.